The number of aliphatic imine (C=N–C) groups is 1. The number of hydrogen-bond acceptors (Lipinski definition) is 4. The van der Waals surface area contributed by atoms with Gasteiger partial charge in [0.1, 0.15) is 0 Å². The number of guanidine groups is 1. The first-order valence-corrected chi connectivity index (χ1v) is 10.3. The van der Waals surface area contributed by atoms with E-state index in [2.05, 4.69) is 48.2 Å². The summed E-state index contributed by atoms with van der Waals surface area (Å²) >= 11 is 0. The summed E-state index contributed by atoms with van der Waals surface area (Å²) in [5, 5.41) is 7.30. The summed E-state index contributed by atoms with van der Waals surface area (Å²) in [6.07, 6.45) is 2.75. The van der Waals surface area contributed by atoms with E-state index in [1.807, 2.05) is 7.05 Å². The fourth-order valence-corrected chi connectivity index (χ4v) is 5.02. The van der Waals surface area contributed by atoms with Crippen LogP contribution in [0.3, 0.4) is 0 Å². The first-order chi connectivity index (χ1) is 12.4. The Morgan fingerprint density at radius 2 is 1.96 bits per heavy atom. The summed E-state index contributed by atoms with van der Waals surface area (Å²) in [6, 6.07) is 0.961. The minimum atomic E-state index is 0.167. The third-order valence-corrected chi connectivity index (χ3v) is 6.43. The Kier molecular flexibility index (Phi) is 6.46. The van der Waals surface area contributed by atoms with Crippen LogP contribution >= 0.6 is 0 Å². The standard InChI is InChI=1S/C20H38N4O2/c1-14(2)12-15(24-7-10-25-11-8-24)13-22-19(21-5)23-17-16-6-9-26-18(16)20(17,3)4/h14-18H,6-13H2,1-5H3,(H2,21,22,23). The van der Waals surface area contributed by atoms with Gasteiger partial charge in [-0.25, -0.2) is 0 Å². The lowest BCUT2D eigenvalue weighted by atomic mass is 9.57. The molecule has 4 atom stereocenters. The average Bonchev–Trinajstić information content (AvgIpc) is 3.08. The topological polar surface area (TPSA) is 58.1 Å². The smallest absolute Gasteiger partial charge is 0.191 e. The summed E-state index contributed by atoms with van der Waals surface area (Å²) in [4.78, 5) is 7.06. The molecule has 2 N–H and O–H groups in total. The summed E-state index contributed by atoms with van der Waals surface area (Å²) < 4.78 is 11.4. The van der Waals surface area contributed by atoms with E-state index in [1.165, 1.54) is 6.42 Å². The number of ether oxygens (including phenoxy) is 2. The molecule has 3 rings (SSSR count). The highest BCUT2D eigenvalue weighted by atomic mass is 16.5. The van der Waals surface area contributed by atoms with Gasteiger partial charge in [0.05, 0.1) is 19.3 Å². The van der Waals surface area contributed by atoms with Crippen molar-refractivity contribution < 1.29 is 9.47 Å². The van der Waals surface area contributed by atoms with Crippen LogP contribution in [0.25, 0.3) is 0 Å². The van der Waals surface area contributed by atoms with Crippen LogP contribution in [-0.4, -0.2) is 75.5 Å². The van der Waals surface area contributed by atoms with Crippen molar-refractivity contribution in [1.82, 2.24) is 15.5 Å². The Bertz CT molecular complexity index is 488. The zero-order chi connectivity index (χ0) is 18.7. The fraction of sp³-hybridized carbons (Fsp3) is 0.950. The van der Waals surface area contributed by atoms with E-state index in [0.717, 1.165) is 51.8 Å². The van der Waals surface area contributed by atoms with Crippen molar-refractivity contribution >= 4 is 5.96 Å². The molecule has 0 aromatic rings. The van der Waals surface area contributed by atoms with Crippen LogP contribution in [0.4, 0.5) is 0 Å². The molecule has 1 saturated carbocycles. The van der Waals surface area contributed by atoms with E-state index in [1.54, 1.807) is 0 Å². The molecule has 0 aromatic carbocycles. The minimum Gasteiger partial charge on any atom is -0.379 e. The predicted molar refractivity (Wildman–Crippen MR) is 106 cm³/mol. The molecular weight excluding hydrogens is 328 g/mol. The van der Waals surface area contributed by atoms with Gasteiger partial charge in [-0.1, -0.05) is 27.7 Å². The van der Waals surface area contributed by atoms with Crippen LogP contribution in [-0.2, 0) is 9.47 Å². The van der Waals surface area contributed by atoms with Gasteiger partial charge in [-0.15, -0.1) is 0 Å². The maximum absolute atomic E-state index is 5.92. The second-order valence-electron chi connectivity index (χ2n) is 9.07. The fourth-order valence-electron chi connectivity index (χ4n) is 5.02. The Morgan fingerprint density at radius 1 is 1.23 bits per heavy atom. The van der Waals surface area contributed by atoms with Gasteiger partial charge in [0.15, 0.2) is 5.96 Å². The van der Waals surface area contributed by atoms with Crippen molar-refractivity contribution in [1.29, 1.82) is 0 Å². The van der Waals surface area contributed by atoms with Crippen molar-refractivity contribution in [2.45, 2.75) is 58.7 Å². The number of nitrogens with zero attached hydrogens (tertiary/aromatic N) is 2. The maximum atomic E-state index is 5.92. The van der Waals surface area contributed by atoms with E-state index in [-0.39, 0.29) is 5.41 Å². The highest BCUT2D eigenvalue weighted by molar-refractivity contribution is 5.80. The van der Waals surface area contributed by atoms with Crippen LogP contribution in [0.2, 0.25) is 0 Å². The second-order valence-corrected chi connectivity index (χ2v) is 9.07. The summed E-state index contributed by atoms with van der Waals surface area (Å²) in [5.41, 5.74) is 0.167. The van der Waals surface area contributed by atoms with Gasteiger partial charge in [-0.3, -0.25) is 9.89 Å². The molecule has 150 valence electrons. The zero-order valence-electron chi connectivity index (χ0n) is 17.3. The van der Waals surface area contributed by atoms with Gasteiger partial charge in [-0.05, 0) is 18.8 Å². The molecule has 1 aliphatic carbocycles. The SMILES string of the molecule is CN=C(NCC(CC(C)C)N1CCOCC1)NC1C2CCOC2C1(C)C. The van der Waals surface area contributed by atoms with Crippen LogP contribution in [0.15, 0.2) is 4.99 Å². The molecule has 3 fully saturated rings. The monoisotopic (exact) mass is 366 g/mol. The second kappa shape index (κ2) is 8.44. The molecule has 0 radical (unpaired) electrons. The van der Waals surface area contributed by atoms with Crippen LogP contribution in [0.1, 0.15) is 40.5 Å². The molecule has 0 amide bonds. The molecule has 4 unspecified atom stereocenters. The van der Waals surface area contributed by atoms with Gasteiger partial charge >= 0.3 is 0 Å². The maximum Gasteiger partial charge on any atom is 0.191 e. The Morgan fingerprint density at radius 3 is 2.62 bits per heavy atom. The number of rotatable bonds is 6. The third kappa shape index (κ3) is 4.18. The quantitative estimate of drug-likeness (QED) is 0.554. The van der Waals surface area contributed by atoms with Gasteiger partial charge in [0.25, 0.3) is 0 Å². The van der Waals surface area contributed by atoms with Crippen LogP contribution in [0, 0.1) is 17.3 Å². The highest BCUT2D eigenvalue weighted by Gasteiger charge is 2.59. The summed E-state index contributed by atoms with van der Waals surface area (Å²) in [5.74, 6) is 2.23. The molecule has 0 bridgehead atoms. The van der Waals surface area contributed by atoms with Crippen LogP contribution in [0.5, 0.6) is 0 Å². The first-order valence-electron chi connectivity index (χ1n) is 10.3. The molecule has 3 aliphatic rings. The number of nitrogens with one attached hydrogen (secondary N) is 2. The summed E-state index contributed by atoms with van der Waals surface area (Å²) in [6.45, 7) is 14.8. The molecular formula is C20H38N4O2. The zero-order valence-corrected chi connectivity index (χ0v) is 17.3. The normalized spacial score (nSPS) is 32.8. The molecule has 2 heterocycles. The molecule has 6 heteroatoms. The van der Waals surface area contributed by atoms with Crippen molar-refractivity contribution in [3.8, 4) is 0 Å². The third-order valence-electron chi connectivity index (χ3n) is 6.43. The Hall–Kier alpha value is -0.850. The van der Waals surface area contributed by atoms with Crippen molar-refractivity contribution in [2.75, 3.05) is 46.5 Å². The number of morpholine rings is 1. The van der Waals surface area contributed by atoms with Gasteiger partial charge in [0.2, 0.25) is 0 Å². The van der Waals surface area contributed by atoms with E-state index in [9.17, 15) is 0 Å². The first kappa shape index (κ1) is 19.9. The molecule has 26 heavy (non-hydrogen) atoms. The van der Waals surface area contributed by atoms with Gasteiger partial charge in [0, 0.05) is 56.7 Å². The van der Waals surface area contributed by atoms with Gasteiger partial charge < -0.3 is 20.1 Å². The lowest BCUT2D eigenvalue weighted by Crippen LogP contribution is -2.68. The largest absolute Gasteiger partial charge is 0.379 e. The predicted octanol–water partition coefficient (Wildman–Crippen LogP) is 1.71. The molecule has 2 saturated heterocycles. The van der Waals surface area contributed by atoms with E-state index in [4.69, 9.17) is 9.47 Å². The van der Waals surface area contributed by atoms with E-state index in [0.29, 0.717) is 30.0 Å². The number of fused-ring (bicyclic) bond motifs is 1. The van der Waals surface area contributed by atoms with Crippen molar-refractivity contribution in [3.63, 3.8) is 0 Å². The molecule has 6 nitrogen and oxygen atoms in total. The highest BCUT2D eigenvalue weighted by Crippen LogP contribution is 2.52. The summed E-state index contributed by atoms with van der Waals surface area (Å²) in [7, 11) is 1.87. The van der Waals surface area contributed by atoms with E-state index < -0.39 is 0 Å². The molecule has 0 aromatic heterocycles. The van der Waals surface area contributed by atoms with Gasteiger partial charge in [-0.2, -0.15) is 0 Å². The van der Waals surface area contributed by atoms with E-state index >= 15 is 0 Å². The Balaban J connectivity index is 1.55. The van der Waals surface area contributed by atoms with Crippen molar-refractivity contribution in [3.05, 3.63) is 0 Å². The molecule has 2 aliphatic heterocycles. The number of hydrogen-bond donors (Lipinski definition) is 2. The lowest BCUT2D eigenvalue weighted by molar-refractivity contribution is -0.106. The Labute approximate surface area is 159 Å². The lowest BCUT2D eigenvalue weighted by Gasteiger charge is -2.55. The minimum absolute atomic E-state index is 0.167. The van der Waals surface area contributed by atoms with Crippen molar-refractivity contribution in [2.24, 2.45) is 22.2 Å². The average molecular weight is 367 g/mol. The molecule has 0 spiro atoms. The van der Waals surface area contributed by atoms with Crippen LogP contribution < -0.4 is 10.6 Å².